The van der Waals surface area contributed by atoms with E-state index in [0.717, 1.165) is 29.8 Å². The van der Waals surface area contributed by atoms with Gasteiger partial charge in [0.05, 0.1) is 16.0 Å². The molecule has 0 saturated heterocycles. The number of hydrogen-bond acceptors (Lipinski definition) is 6. The summed E-state index contributed by atoms with van der Waals surface area (Å²) in [7, 11) is -2.17. The molecular weight excluding hydrogens is 472 g/mol. The summed E-state index contributed by atoms with van der Waals surface area (Å²) < 4.78 is 35.0. The van der Waals surface area contributed by atoms with Crippen molar-refractivity contribution in [2.75, 3.05) is 31.4 Å². The second-order valence-electron chi connectivity index (χ2n) is 9.21. The molecule has 0 unspecified atom stereocenters. The molecule has 7 nitrogen and oxygen atoms in total. The highest BCUT2D eigenvalue weighted by atomic mass is 32.2. The monoisotopic (exact) mass is 506 g/mol. The lowest BCUT2D eigenvalue weighted by atomic mass is 9.95. The largest absolute Gasteiger partial charge is 0.491 e. The zero-order chi connectivity index (χ0) is 25.1. The van der Waals surface area contributed by atoms with Gasteiger partial charge < -0.3 is 14.7 Å². The van der Waals surface area contributed by atoms with Gasteiger partial charge in [-0.2, -0.15) is 4.31 Å². The van der Waals surface area contributed by atoms with E-state index in [1.165, 1.54) is 16.1 Å². The quantitative estimate of drug-likeness (QED) is 0.466. The summed E-state index contributed by atoms with van der Waals surface area (Å²) in [5.74, 6) is -0.605. The third-order valence-electron chi connectivity index (χ3n) is 6.23. The van der Waals surface area contributed by atoms with Crippen LogP contribution in [0.3, 0.4) is 0 Å². The molecule has 2 aromatic rings. The Morgan fingerprint density at radius 2 is 1.91 bits per heavy atom. The summed E-state index contributed by atoms with van der Waals surface area (Å²) in [6.07, 6.45) is 4.56. The van der Waals surface area contributed by atoms with Gasteiger partial charge in [0, 0.05) is 31.4 Å². The van der Waals surface area contributed by atoms with E-state index in [0.29, 0.717) is 18.0 Å². The Balaban J connectivity index is 2.17. The summed E-state index contributed by atoms with van der Waals surface area (Å²) in [5, 5.41) is 9.46. The molecule has 186 valence electrons. The number of benzene rings is 2. The third-order valence-corrected chi connectivity index (χ3v) is 8.92. The number of hydrogen-bond donors (Lipinski definition) is 1. The summed E-state index contributed by atoms with van der Waals surface area (Å²) in [5.41, 5.74) is 0.411. The maximum Gasteiger partial charge on any atom is 0.312 e. The van der Waals surface area contributed by atoms with Crippen LogP contribution in [0.4, 0.5) is 11.4 Å². The van der Waals surface area contributed by atoms with Crippen LogP contribution in [0.2, 0.25) is 0 Å². The number of rotatable bonds is 9. The lowest BCUT2D eigenvalue weighted by molar-refractivity contribution is -0.148. The lowest BCUT2D eigenvalue weighted by Gasteiger charge is -2.29. The van der Waals surface area contributed by atoms with E-state index in [9.17, 15) is 18.3 Å². The summed E-state index contributed by atoms with van der Waals surface area (Å²) in [4.78, 5) is 14.5. The normalized spacial score (nSPS) is 18.3. The Morgan fingerprint density at radius 3 is 2.50 bits per heavy atom. The van der Waals surface area contributed by atoms with Crippen LogP contribution >= 0.6 is 11.8 Å². The molecule has 3 rings (SSSR count). The SMILES string of the molecule is CCCC[C@H]1CN(c2ccccc2)c2cc(SC)c(OCC(C)(C)C(=O)O)cc2S(=O)(=O)N1C. The molecule has 0 aromatic heterocycles. The van der Waals surface area contributed by atoms with Gasteiger partial charge in [0.15, 0.2) is 0 Å². The topological polar surface area (TPSA) is 87.1 Å². The molecule has 9 heteroatoms. The van der Waals surface area contributed by atoms with Crippen molar-refractivity contribution in [2.45, 2.75) is 55.9 Å². The van der Waals surface area contributed by atoms with E-state index >= 15 is 0 Å². The molecule has 1 aliphatic heterocycles. The van der Waals surface area contributed by atoms with Crippen molar-refractivity contribution in [1.82, 2.24) is 4.31 Å². The fourth-order valence-electron chi connectivity index (χ4n) is 3.88. The van der Waals surface area contributed by atoms with Crippen molar-refractivity contribution in [1.29, 1.82) is 0 Å². The van der Waals surface area contributed by atoms with E-state index < -0.39 is 21.4 Å². The Kier molecular flexibility index (Phi) is 8.21. The first-order valence-electron chi connectivity index (χ1n) is 11.4. The third kappa shape index (κ3) is 5.37. The minimum absolute atomic E-state index is 0.0773. The summed E-state index contributed by atoms with van der Waals surface area (Å²) in [6.45, 7) is 5.72. The minimum Gasteiger partial charge on any atom is -0.491 e. The Bertz CT molecular complexity index is 1120. The fraction of sp³-hybridized carbons (Fsp3) is 0.480. The molecule has 0 amide bonds. The number of para-hydroxylation sites is 1. The molecule has 0 saturated carbocycles. The van der Waals surface area contributed by atoms with Crippen LogP contribution in [-0.2, 0) is 14.8 Å². The summed E-state index contributed by atoms with van der Waals surface area (Å²) >= 11 is 1.44. The molecule has 1 atom stereocenters. The van der Waals surface area contributed by atoms with E-state index in [2.05, 4.69) is 11.8 Å². The second-order valence-corrected chi connectivity index (χ2v) is 12.0. The highest BCUT2D eigenvalue weighted by Gasteiger charge is 2.38. The predicted octanol–water partition coefficient (Wildman–Crippen LogP) is 5.23. The first-order valence-corrected chi connectivity index (χ1v) is 14.1. The average Bonchev–Trinajstić information content (AvgIpc) is 2.89. The number of thioether (sulfide) groups is 1. The number of sulfonamides is 1. The molecular formula is C25H34N2O5S2. The number of carboxylic acids is 1. The van der Waals surface area contributed by atoms with Gasteiger partial charge in [0.2, 0.25) is 10.0 Å². The van der Waals surface area contributed by atoms with E-state index in [1.54, 1.807) is 27.0 Å². The van der Waals surface area contributed by atoms with Crippen molar-refractivity contribution in [2.24, 2.45) is 5.41 Å². The van der Waals surface area contributed by atoms with Crippen LogP contribution in [0.5, 0.6) is 5.75 Å². The van der Waals surface area contributed by atoms with Crippen LogP contribution in [-0.4, -0.2) is 56.3 Å². The number of fused-ring (bicyclic) bond motifs is 1. The maximum atomic E-state index is 13.8. The van der Waals surface area contributed by atoms with Gasteiger partial charge in [-0.25, -0.2) is 8.42 Å². The van der Waals surface area contributed by atoms with Crippen molar-refractivity contribution < 1.29 is 23.1 Å². The van der Waals surface area contributed by atoms with Crippen molar-refractivity contribution in [3.05, 3.63) is 42.5 Å². The van der Waals surface area contributed by atoms with Crippen LogP contribution in [0.25, 0.3) is 0 Å². The fourth-order valence-corrected chi connectivity index (χ4v) is 5.99. The second kappa shape index (κ2) is 10.6. The molecule has 0 fully saturated rings. The van der Waals surface area contributed by atoms with Crippen molar-refractivity contribution in [3.8, 4) is 5.75 Å². The molecule has 2 aromatic carbocycles. The zero-order valence-electron chi connectivity index (χ0n) is 20.4. The minimum atomic E-state index is -3.81. The van der Waals surface area contributed by atoms with Gasteiger partial charge in [-0.3, -0.25) is 4.79 Å². The Hall–Kier alpha value is -2.23. The smallest absolute Gasteiger partial charge is 0.312 e. The Morgan fingerprint density at radius 1 is 1.24 bits per heavy atom. The van der Waals surface area contributed by atoms with Crippen LogP contribution in [0.1, 0.15) is 40.0 Å². The first kappa shape index (κ1) is 26.4. The predicted molar refractivity (Wildman–Crippen MR) is 137 cm³/mol. The molecule has 34 heavy (non-hydrogen) atoms. The zero-order valence-corrected chi connectivity index (χ0v) is 22.1. The van der Waals surface area contributed by atoms with Gasteiger partial charge in [-0.15, -0.1) is 11.8 Å². The highest BCUT2D eigenvalue weighted by molar-refractivity contribution is 7.98. The Labute approximate surface area is 207 Å². The van der Waals surface area contributed by atoms with Gasteiger partial charge in [-0.1, -0.05) is 38.0 Å². The van der Waals surface area contributed by atoms with Crippen LogP contribution in [0.15, 0.2) is 52.3 Å². The number of ether oxygens (including phenoxy) is 1. The lowest BCUT2D eigenvalue weighted by Crippen LogP contribution is -2.40. The van der Waals surface area contributed by atoms with Gasteiger partial charge in [0.25, 0.3) is 0 Å². The number of carboxylic acid groups (broad SMARTS) is 1. The molecule has 0 aliphatic carbocycles. The molecule has 0 spiro atoms. The first-order chi connectivity index (χ1) is 16.0. The van der Waals surface area contributed by atoms with E-state index in [1.807, 2.05) is 42.7 Å². The summed E-state index contributed by atoms with van der Waals surface area (Å²) in [6, 6.07) is 13.0. The number of nitrogens with zero attached hydrogens (tertiary/aromatic N) is 2. The van der Waals surface area contributed by atoms with Crippen molar-refractivity contribution >= 4 is 39.1 Å². The average molecular weight is 507 g/mol. The number of likely N-dealkylation sites (N-methyl/N-ethyl adjacent to an activating group) is 1. The highest BCUT2D eigenvalue weighted by Crippen LogP contribution is 2.43. The maximum absolute atomic E-state index is 13.8. The molecule has 1 N–H and O–H groups in total. The molecule has 1 aliphatic rings. The number of carbonyl (C=O) groups is 1. The van der Waals surface area contributed by atoms with Crippen LogP contribution < -0.4 is 9.64 Å². The number of unbranched alkanes of at least 4 members (excludes halogenated alkanes) is 1. The van der Waals surface area contributed by atoms with Crippen molar-refractivity contribution in [3.63, 3.8) is 0 Å². The van der Waals surface area contributed by atoms with Gasteiger partial charge >= 0.3 is 5.97 Å². The number of aliphatic carboxylic acids is 1. The molecule has 0 bridgehead atoms. The van der Waals surface area contributed by atoms with E-state index in [-0.39, 0.29) is 17.5 Å². The van der Waals surface area contributed by atoms with E-state index in [4.69, 9.17) is 4.74 Å². The van der Waals surface area contributed by atoms with Gasteiger partial charge in [0.1, 0.15) is 17.3 Å². The van der Waals surface area contributed by atoms with Gasteiger partial charge in [-0.05, 0) is 44.7 Å². The molecule has 0 radical (unpaired) electrons. The van der Waals surface area contributed by atoms with Crippen LogP contribution in [0, 0.1) is 5.41 Å². The number of anilines is 2. The standard InChI is InChI=1S/C25H34N2O5S2/c1-6-7-11-19-16-27(18-12-9-8-10-13-18)20-14-22(33-5)21(32-17-25(2,3)24(28)29)15-23(20)34(30,31)26(19)4/h8-10,12-15,19H,6-7,11,16-17H2,1-5H3,(H,28,29)/t19-/m0/s1. The molecule has 1 heterocycles.